The van der Waals surface area contributed by atoms with Crippen LogP contribution in [0.4, 0.5) is 0 Å². The maximum Gasteiger partial charge on any atom is 0.234 e. The van der Waals surface area contributed by atoms with Crippen LogP contribution >= 0.6 is 0 Å². The van der Waals surface area contributed by atoms with Crippen LogP contribution in [-0.2, 0) is 17.8 Å². The van der Waals surface area contributed by atoms with Crippen molar-refractivity contribution in [2.45, 2.75) is 37.8 Å². The number of likely N-dealkylation sites (tertiary alicyclic amines) is 1. The molecular formula is C28H30N2O. The molecule has 2 heterocycles. The first kappa shape index (κ1) is 20.0. The molecule has 1 atom stereocenters. The van der Waals surface area contributed by atoms with Crippen LogP contribution < -0.4 is 0 Å². The lowest BCUT2D eigenvalue weighted by atomic mass is 9.89. The summed E-state index contributed by atoms with van der Waals surface area (Å²) in [5.41, 5.74) is 5.08. The van der Waals surface area contributed by atoms with E-state index in [9.17, 15) is 4.79 Å². The number of carbonyl (C=O) groups excluding carboxylic acids is 1. The van der Waals surface area contributed by atoms with E-state index in [1.807, 2.05) is 36.4 Å². The van der Waals surface area contributed by atoms with E-state index >= 15 is 0 Å². The van der Waals surface area contributed by atoms with Crippen LogP contribution in [0.2, 0.25) is 0 Å². The fourth-order valence-electron chi connectivity index (χ4n) is 5.23. The maximum absolute atomic E-state index is 13.8. The molecule has 31 heavy (non-hydrogen) atoms. The largest absolute Gasteiger partial charge is 0.340 e. The summed E-state index contributed by atoms with van der Waals surface area (Å²) in [4.78, 5) is 18.6. The molecule has 0 aliphatic carbocycles. The Bertz CT molecular complexity index is 978. The summed E-state index contributed by atoms with van der Waals surface area (Å²) in [6.45, 7) is 3.78. The first-order valence-electron chi connectivity index (χ1n) is 11.5. The van der Waals surface area contributed by atoms with Crippen molar-refractivity contribution in [3.8, 4) is 0 Å². The molecular weight excluding hydrogens is 380 g/mol. The molecule has 1 amide bonds. The van der Waals surface area contributed by atoms with Gasteiger partial charge >= 0.3 is 0 Å². The van der Waals surface area contributed by atoms with Crippen molar-refractivity contribution >= 4 is 5.91 Å². The van der Waals surface area contributed by atoms with Gasteiger partial charge < -0.3 is 4.90 Å². The summed E-state index contributed by atoms with van der Waals surface area (Å²) in [5, 5.41) is 0. The van der Waals surface area contributed by atoms with E-state index in [4.69, 9.17) is 0 Å². The predicted molar refractivity (Wildman–Crippen MR) is 125 cm³/mol. The molecule has 2 aliphatic rings. The van der Waals surface area contributed by atoms with Crippen molar-refractivity contribution in [1.82, 2.24) is 9.80 Å². The van der Waals surface area contributed by atoms with E-state index in [1.165, 1.54) is 17.5 Å². The molecule has 3 heteroatoms. The van der Waals surface area contributed by atoms with Gasteiger partial charge in [0.05, 0.1) is 5.92 Å². The number of benzene rings is 3. The van der Waals surface area contributed by atoms with Gasteiger partial charge in [-0.1, -0.05) is 84.9 Å². The van der Waals surface area contributed by atoms with E-state index in [2.05, 4.69) is 58.3 Å². The van der Waals surface area contributed by atoms with Gasteiger partial charge in [0, 0.05) is 32.2 Å². The minimum atomic E-state index is -0.233. The lowest BCUT2D eigenvalue weighted by molar-refractivity contribution is -0.134. The molecule has 0 unspecified atom stereocenters. The standard InChI is InChI=1S/C28H30N2O/c31-28(27(23-11-3-1-4-12-23)24-13-5-2-6-14-24)30-18-9-16-26(21-30)29-19-17-22-10-7-8-15-25(22)20-29/h1-8,10-15,26-27H,9,16-21H2/t26-/m0/s1. The van der Waals surface area contributed by atoms with Crippen molar-refractivity contribution < 1.29 is 4.79 Å². The predicted octanol–water partition coefficient (Wildman–Crippen LogP) is 4.87. The number of amides is 1. The summed E-state index contributed by atoms with van der Waals surface area (Å²) in [6.07, 6.45) is 3.36. The van der Waals surface area contributed by atoms with Gasteiger partial charge in [-0.15, -0.1) is 0 Å². The first-order valence-corrected chi connectivity index (χ1v) is 11.5. The summed E-state index contributed by atoms with van der Waals surface area (Å²) >= 11 is 0. The number of carbonyl (C=O) groups is 1. The van der Waals surface area contributed by atoms with Gasteiger partial charge in [-0.3, -0.25) is 9.69 Å². The van der Waals surface area contributed by atoms with Crippen LogP contribution in [0, 0.1) is 0 Å². The molecule has 0 saturated carbocycles. The van der Waals surface area contributed by atoms with Crippen LogP contribution in [0.25, 0.3) is 0 Å². The van der Waals surface area contributed by atoms with Gasteiger partial charge in [0.25, 0.3) is 0 Å². The number of hydrogen-bond donors (Lipinski definition) is 0. The fraction of sp³-hybridized carbons (Fsp3) is 0.321. The summed E-state index contributed by atoms with van der Waals surface area (Å²) in [5.74, 6) is 0.00254. The molecule has 5 rings (SSSR count). The Balaban J connectivity index is 1.36. The zero-order valence-corrected chi connectivity index (χ0v) is 18.0. The highest BCUT2D eigenvalue weighted by molar-refractivity contribution is 5.87. The summed E-state index contributed by atoms with van der Waals surface area (Å²) < 4.78 is 0. The SMILES string of the molecule is O=C(C(c1ccccc1)c1ccccc1)N1CCC[C@H](N2CCc3ccccc3C2)C1. The molecule has 1 fully saturated rings. The fourth-order valence-corrected chi connectivity index (χ4v) is 5.23. The highest BCUT2D eigenvalue weighted by Gasteiger charge is 2.33. The van der Waals surface area contributed by atoms with E-state index in [1.54, 1.807) is 0 Å². The molecule has 0 N–H and O–H groups in total. The van der Waals surface area contributed by atoms with Gasteiger partial charge in [0.1, 0.15) is 0 Å². The number of piperidine rings is 1. The van der Waals surface area contributed by atoms with E-state index in [0.29, 0.717) is 6.04 Å². The lowest BCUT2D eigenvalue weighted by Crippen LogP contribution is -2.51. The van der Waals surface area contributed by atoms with Crippen LogP contribution in [-0.4, -0.2) is 41.4 Å². The van der Waals surface area contributed by atoms with E-state index < -0.39 is 0 Å². The highest BCUT2D eigenvalue weighted by atomic mass is 16.2. The molecule has 0 aromatic heterocycles. The van der Waals surface area contributed by atoms with Gasteiger partial charge in [0.15, 0.2) is 0 Å². The number of nitrogens with zero attached hydrogens (tertiary/aromatic N) is 2. The molecule has 1 saturated heterocycles. The Morgan fingerprint density at radius 3 is 2.06 bits per heavy atom. The summed E-state index contributed by atoms with van der Waals surface area (Å²) in [6, 6.07) is 29.7. The van der Waals surface area contributed by atoms with Crippen molar-refractivity contribution in [3.05, 3.63) is 107 Å². The van der Waals surface area contributed by atoms with Gasteiger partial charge in [-0.05, 0) is 41.5 Å². The monoisotopic (exact) mass is 410 g/mol. The van der Waals surface area contributed by atoms with Gasteiger partial charge in [-0.2, -0.15) is 0 Å². The van der Waals surface area contributed by atoms with E-state index in [0.717, 1.165) is 50.1 Å². The highest BCUT2D eigenvalue weighted by Crippen LogP contribution is 2.30. The van der Waals surface area contributed by atoms with Crippen LogP contribution in [0.5, 0.6) is 0 Å². The molecule has 0 radical (unpaired) electrons. The molecule has 158 valence electrons. The molecule has 0 bridgehead atoms. The van der Waals surface area contributed by atoms with Crippen LogP contribution in [0.1, 0.15) is 41.0 Å². The van der Waals surface area contributed by atoms with Crippen LogP contribution in [0.3, 0.4) is 0 Å². The molecule has 3 aromatic rings. The normalized spacial score (nSPS) is 19.3. The summed E-state index contributed by atoms with van der Waals surface area (Å²) in [7, 11) is 0. The quantitative estimate of drug-likeness (QED) is 0.613. The Morgan fingerprint density at radius 1 is 0.774 bits per heavy atom. The van der Waals surface area contributed by atoms with Crippen LogP contribution in [0.15, 0.2) is 84.9 Å². The third-order valence-electron chi connectivity index (χ3n) is 6.90. The Kier molecular flexibility index (Phi) is 5.86. The molecule has 3 nitrogen and oxygen atoms in total. The second-order valence-electron chi connectivity index (χ2n) is 8.82. The van der Waals surface area contributed by atoms with Gasteiger partial charge in [0.2, 0.25) is 5.91 Å². The second-order valence-corrected chi connectivity index (χ2v) is 8.82. The minimum absolute atomic E-state index is 0.233. The van der Waals surface area contributed by atoms with E-state index in [-0.39, 0.29) is 11.8 Å². The smallest absolute Gasteiger partial charge is 0.234 e. The number of fused-ring (bicyclic) bond motifs is 1. The third kappa shape index (κ3) is 4.28. The average molecular weight is 411 g/mol. The lowest BCUT2D eigenvalue weighted by Gasteiger charge is -2.42. The zero-order valence-electron chi connectivity index (χ0n) is 18.0. The number of hydrogen-bond acceptors (Lipinski definition) is 2. The Labute approximate surface area is 185 Å². The second kappa shape index (κ2) is 9.07. The zero-order chi connectivity index (χ0) is 21.0. The third-order valence-corrected chi connectivity index (χ3v) is 6.90. The molecule has 2 aliphatic heterocycles. The molecule has 0 spiro atoms. The van der Waals surface area contributed by atoms with Crippen molar-refractivity contribution in [2.24, 2.45) is 0 Å². The minimum Gasteiger partial charge on any atom is -0.340 e. The topological polar surface area (TPSA) is 23.6 Å². The van der Waals surface area contributed by atoms with Crippen molar-refractivity contribution in [2.75, 3.05) is 19.6 Å². The van der Waals surface area contributed by atoms with Gasteiger partial charge in [-0.25, -0.2) is 0 Å². The number of rotatable bonds is 4. The molecule has 3 aromatic carbocycles. The average Bonchev–Trinajstić information content (AvgIpc) is 2.85. The van der Waals surface area contributed by atoms with Crippen molar-refractivity contribution in [3.63, 3.8) is 0 Å². The van der Waals surface area contributed by atoms with Crippen molar-refractivity contribution in [1.29, 1.82) is 0 Å². The maximum atomic E-state index is 13.8. The first-order chi connectivity index (χ1) is 15.3. The Morgan fingerprint density at radius 2 is 1.39 bits per heavy atom. The Hall–Kier alpha value is -2.91.